The Hall–Kier alpha value is -2.96. The zero-order valence-electron chi connectivity index (χ0n) is 12.0. The van der Waals surface area contributed by atoms with E-state index in [1.54, 1.807) is 18.2 Å². The highest BCUT2D eigenvalue weighted by Crippen LogP contribution is 2.34. The summed E-state index contributed by atoms with van der Waals surface area (Å²) in [5.41, 5.74) is 0.383. The van der Waals surface area contributed by atoms with Gasteiger partial charge in [-0.25, -0.2) is 14.4 Å². The molecule has 0 unspecified atom stereocenters. The first-order valence-electron chi connectivity index (χ1n) is 7.04. The molecule has 0 aliphatic rings. The Kier molecular flexibility index (Phi) is 3.06. The summed E-state index contributed by atoms with van der Waals surface area (Å²) in [5.74, 6) is -0.421. The molecule has 2 aromatic carbocycles. The molecular weight excluding hydrogens is 322 g/mol. The van der Waals surface area contributed by atoms with Crippen LogP contribution in [0.2, 0.25) is 0 Å². The molecular formula is C17H9F4N3. The molecule has 2 aromatic heterocycles. The molecule has 2 heterocycles. The Morgan fingerprint density at radius 3 is 2.33 bits per heavy atom. The molecule has 0 saturated heterocycles. The molecule has 4 rings (SSSR count). The average molecular weight is 331 g/mol. The molecule has 4 aromatic rings. The largest absolute Gasteiger partial charge is 0.437 e. The van der Waals surface area contributed by atoms with Crippen LogP contribution in [0.5, 0.6) is 0 Å². The van der Waals surface area contributed by atoms with E-state index >= 15 is 0 Å². The van der Waals surface area contributed by atoms with Gasteiger partial charge in [-0.3, -0.25) is 4.40 Å². The standard InChI is InChI=1S/C17H9F4N3/c18-11-7-5-10(6-8-11)14-9-22-16-15(17(19,20)21)23-12-3-1-2-4-13(12)24(14)16/h1-9H. The molecule has 0 radical (unpaired) electrons. The fraction of sp³-hybridized carbons (Fsp3) is 0.0588. The number of halogens is 4. The monoisotopic (exact) mass is 331 g/mol. The zero-order chi connectivity index (χ0) is 16.9. The molecule has 3 nitrogen and oxygen atoms in total. The smallest absolute Gasteiger partial charge is 0.289 e. The van der Waals surface area contributed by atoms with Crippen molar-refractivity contribution in [2.24, 2.45) is 0 Å². The molecule has 0 bridgehead atoms. The number of rotatable bonds is 1. The van der Waals surface area contributed by atoms with Crippen LogP contribution >= 0.6 is 0 Å². The number of hydrogen-bond acceptors (Lipinski definition) is 2. The van der Waals surface area contributed by atoms with Gasteiger partial charge in [0.25, 0.3) is 0 Å². The van der Waals surface area contributed by atoms with Gasteiger partial charge in [0.05, 0.1) is 22.9 Å². The summed E-state index contributed by atoms with van der Waals surface area (Å²) in [6, 6.07) is 12.0. The number of alkyl halides is 3. The minimum absolute atomic E-state index is 0.207. The number of fused-ring (bicyclic) bond motifs is 3. The molecule has 0 atom stereocenters. The van der Waals surface area contributed by atoms with E-state index in [9.17, 15) is 17.6 Å². The van der Waals surface area contributed by atoms with Crippen LogP contribution in [0.4, 0.5) is 17.6 Å². The first kappa shape index (κ1) is 14.6. The maximum Gasteiger partial charge on any atom is 0.437 e. The fourth-order valence-electron chi connectivity index (χ4n) is 2.70. The summed E-state index contributed by atoms with van der Waals surface area (Å²) in [6.07, 6.45) is -3.29. The highest BCUT2D eigenvalue weighted by molar-refractivity contribution is 5.82. The van der Waals surface area contributed by atoms with Crippen molar-refractivity contribution in [3.63, 3.8) is 0 Å². The number of nitrogens with zero attached hydrogens (tertiary/aromatic N) is 3. The van der Waals surface area contributed by atoms with E-state index in [1.807, 2.05) is 0 Å². The van der Waals surface area contributed by atoms with Crippen LogP contribution in [-0.4, -0.2) is 14.4 Å². The SMILES string of the molecule is Fc1ccc(-c2cnc3c(C(F)(F)F)nc4ccccc4n23)cc1. The van der Waals surface area contributed by atoms with E-state index < -0.39 is 17.7 Å². The molecule has 0 aliphatic carbocycles. The first-order valence-corrected chi connectivity index (χ1v) is 7.04. The Balaban J connectivity index is 2.14. The van der Waals surface area contributed by atoms with E-state index in [1.165, 1.54) is 40.9 Å². The molecule has 24 heavy (non-hydrogen) atoms. The van der Waals surface area contributed by atoms with Crippen LogP contribution in [0, 0.1) is 5.82 Å². The Morgan fingerprint density at radius 2 is 1.62 bits per heavy atom. The van der Waals surface area contributed by atoms with Gasteiger partial charge in [0.15, 0.2) is 11.3 Å². The molecule has 0 amide bonds. The van der Waals surface area contributed by atoms with E-state index in [4.69, 9.17) is 0 Å². The maximum absolute atomic E-state index is 13.3. The molecule has 7 heteroatoms. The van der Waals surface area contributed by atoms with Crippen molar-refractivity contribution >= 4 is 16.7 Å². The number of para-hydroxylation sites is 2. The van der Waals surface area contributed by atoms with Gasteiger partial charge < -0.3 is 0 Å². The normalized spacial score (nSPS) is 12.2. The minimum atomic E-state index is -4.63. The molecule has 0 fully saturated rings. The van der Waals surface area contributed by atoms with Crippen LogP contribution in [0.1, 0.15) is 5.69 Å². The second-order valence-electron chi connectivity index (χ2n) is 5.26. The van der Waals surface area contributed by atoms with Crippen molar-refractivity contribution < 1.29 is 17.6 Å². The van der Waals surface area contributed by atoms with E-state index in [0.29, 0.717) is 16.8 Å². The summed E-state index contributed by atoms with van der Waals surface area (Å²) in [7, 11) is 0. The lowest BCUT2D eigenvalue weighted by Gasteiger charge is -2.11. The highest BCUT2D eigenvalue weighted by Gasteiger charge is 2.37. The lowest BCUT2D eigenvalue weighted by atomic mass is 10.1. The molecule has 0 saturated carbocycles. The summed E-state index contributed by atoms with van der Waals surface area (Å²) >= 11 is 0. The van der Waals surface area contributed by atoms with Crippen LogP contribution < -0.4 is 0 Å². The van der Waals surface area contributed by atoms with E-state index in [-0.39, 0.29) is 11.2 Å². The second-order valence-corrected chi connectivity index (χ2v) is 5.26. The third kappa shape index (κ3) is 2.20. The predicted octanol–water partition coefficient (Wildman–Crippen LogP) is 4.71. The Morgan fingerprint density at radius 1 is 0.917 bits per heavy atom. The number of hydrogen-bond donors (Lipinski definition) is 0. The van der Waals surface area contributed by atoms with Crippen molar-refractivity contribution in [3.8, 4) is 11.3 Å². The van der Waals surface area contributed by atoms with Crippen molar-refractivity contribution in [3.05, 3.63) is 66.2 Å². The van der Waals surface area contributed by atoms with Gasteiger partial charge >= 0.3 is 6.18 Å². The van der Waals surface area contributed by atoms with Gasteiger partial charge in [-0.05, 0) is 36.4 Å². The van der Waals surface area contributed by atoms with Crippen LogP contribution in [-0.2, 0) is 6.18 Å². The minimum Gasteiger partial charge on any atom is -0.289 e. The summed E-state index contributed by atoms with van der Waals surface area (Å²) in [5, 5.41) is 0. The fourth-order valence-corrected chi connectivity index (χ4v) is 2.70. The topological polar surface area (TPSA) is 30.2 Å². The number of imidazole rings is 1. The predicted molar refractivity (Wildman–Crippen MR) is 80.9 cm³/mol. The van der Waals surface area contributed by atoms with Crippen molar-refractivity contribution in [2.75, 3.05) is 0 Å². The quantitative estimate of drug-likeness (QED) is 0.473. The number of aromatic nitrogens is 3. The Labute approximate surface area is 133 Å². The molecule has 120 valence electrons. The third-order valence-corrected chi connectivity index (χ3v) is 3.74. The number of benzene rings is 2. The second kappa shape index (κ2) is 5.02. The zero-order valence-corrected chi connectivity index (χ0v) is 12.0. The summed E-state index contributed by atoms with van der Waals surface area (Å²) in [4.78, 5) is 7.65. The average Bonchev–Trinajstić information content (AvgIpc) is 2.99. The van der Waals surface area contributed by atoms with Crippen LogP contribution in [0.15, 0.2) is 54.7 Å². The lowest BCUT2D eigenvalue weighted by molar-refractivity contribution is -0.139. The molecule has 0 spiro atoms. The van der Waals surface area contributed by atoms with Crippen molar-refractivity contribution in [1.29, 1.82) is 0 Å². The van der Waals surface area contributed by atoms with Crippen LogP contribution in [0.3, 0.4) is 0 Å². The van der Waals surface area contributed by atoms with Gasteiger partial charge in [-0.1, -0.05) is 12.1 Å². The van der Waals surface area contributed by atoms with Crippen LogP contribution in [0.25, 0.3) is 27.9 Å². The lowest BCUT2D eigenvalue weighted by Crippen LogP contribution is -2.11. The van der Waals surface area contributed by atoms with Gasteiger partial charge in [0, 0.05) is 5.56 Å². The van der Waals surface area contributed by atoms with E-state index in [0.717, 1.165) is 0 Å². The first-order chi connectivity index (χ1) is 11.4. The highest BCUT2D eigenvalue weighted by atomic mass is 19.4. The summed E-state index contributed by atoms with van der Waals surface area (Å²) in [6.45, 7) is 0. The van der Waals surface area contributed by atoms with Gasteiger partial charge in [0.1, 0.15) is 5.82 Å². The summed E-state index contributed by atoms with van der Waals surface area (Å²) < 4.78 is 54.6. The molecule has 0 aliphatic heterocycles. The molecule has 0 N–H and O–H groups in total. The Bertz CT molecular complexity index is 1050. The van der Waals surface area contributed by atoms with Crippen molar-refractivity contribution in [1.82, 2.24) is 14.4 Å². The third-order valence-electron chi connectivity index (χ3n) is 3.74. The maximum atomic E-state index is 13.3. The van der Waals surface area contributed by atoms with Gasteiger partial charge in [0.2, 0.25) is 0 Å². The van der Waals surface area contributed by atoms with Gasteiger partial charge in [-0.15, -0.1) is 0 Å². The van der Waals surface area contributed by atoms with E-state index in [2.05, 4.69) is 9.97 Å². The van der Waals surface area contributed by atoms with Gasteiger partial charge in [-0.2, -0.15) is 13.2 Å². The van der Waals surface area contributed by atoms with Crippen molar-refractivity contribution in [2.45, 2.75) is 6.18 Å².